The van der Waals surface area contributed by atoms with Gasteiger partial charge in [-0.1, -0.05) is 6.07 Å². The summed E-state index contributed by atoms with van der Waals surface area (Å²) in [5.41, 5.74) is -1.03. The zero-order chi connectivity index (χ0) is 22.6. The summed E-state index contributed by atoms with van der Waals surface area (Å²) in [6.07, 6.45) is -2.52. The quantitative estimate of drug-likeness (QED) is 0.442. The van der Waals surface area contributed by atoms with Crippen molar-refractivity contribution < 1.29 is 22.4 Å². The van der Waals surface area contributed by atoms with Crippen LogP contribution in [0.2, 0.25) is 0 Å². The third-order valence-corrected chi connectivity index (χ3v) is 5.96. The molecule has 0 saturated carbocycles. The highest BCUT2D eigenvalue weighted by Crippen LogP contribution is 2.32. The van der Waals surface area contributed by atoms with Crippen LogP contribution < -0.4 is 5.32 Å². The number of benzene rings is 1. The molecule has 2 aliphatic heterocycles. The average Bonchev–Trinajstić information content (AvgIpc) is 3.28. The van der Waals surface area contributed by atoms with Crippen molar-refractivity contribution in [2.24, 2.45) is 4.99 Å². The fourth-order valence-corrected chi connectivity index (χ4v) is 4.15. The standard InChI is InChI=1S/C21H29F4N5O/c1-15(19(31)29-7-3-4-8-29)28-9-11-30(12-10-28)20(26-2)27-14-16-5-6-17(22)13-18(16)21(23,24)25/h5-6,13,15H,3-4,7-12,14H2,1-2H3,(H,26,27). The van der Waals surface area contributed by atoms with Crippen LogP contribution in [0.5, 0.6) is 0 Å². The number of hydrogen-bond acceptors (Lipinski definition) is 3. The van der Waals surface area contributed by atoms with E-state index in [2.05, 4.69) is 15.2 Å². The lowest BCUT2D eigenvalue weighted by Gasteiger charge is -2.39. The highest BCUT2D eigenvalue weighted by Gasteiger charge is 2.34. The number of piperazine rings is 1. The molecular formula is C21H29F4N5O. The van der Waals surface area contributed by atoms with Gasteiger partial charge in [-0.25, -0.2) is 4.39 Å². The first kappa shape index (κ1) is 23.3. The molecule has 2 fully saturated rings. The minimum absolute atomic E-state index is 0.0430. The number of nitrogens with zero attached hydrogens (tertiary/aromatic N) is 4. The van der Waals surface area contributed by atoms with Crippen molar-refractivity contribution in [1.29, 1.82) is 0 Å². The number of guanidine groups is 1. The summed E-state index contributed by atoms with van der Waals surface area (Å²) in [5, 5.41) is 2.96. The summed E-state index contributed by atoms with van der Waals surface area (Å²) in [5.74, 6) is -0.283. The molecule has 0 aliphatic carbocycles. The number of hydrogen-bond donors (Lipinski definition) is 1. The van der Waals surface area contributed by atoms with Crippen molar-refractivity contribution in [3.63, 3.8) is 0 Å². The largest absolute Gasteiger partial charge is 0.416 e. The Morgan fingerprint density at radius 1 is 1.10 bits per heavy atom. The second-order valence-electron chi connectivity index (χ2n) is 7.93. The first-order valence-corrected chi connectivity index (χ1v) is 10.5. The van der Waals surface area contributed by atoms with Gasteiger partial charge in [0.15, 0.2) is 5.96 Å². The number of aliphatic imine (C=N–C) groups is 1. The SMILES string of the molecule is CN=C(NCc1ccc(F)cc1C(F)(F)F)N1CCN(C(C)C(=O)N2CCCC2)CC1. The number of halogens is 4. The van der Waals surface area contributed by atoms with Crippen LogP contribution in [-0.4, -0.2) is 78.9 Å². The summed E-state index contributed by atoms with van der Waals surface area (Å²) >= 11 is 0. The van der Waals surface area contributed by atoms with Gasteiger partial charge >= 0.3 is 6.18 Å². The molecule has 2 aliphatic rings. The van der Waals surface area contributed by atoms with E-state index in [0.29, 0.717) is 38.2 Å². The van der Waals surface area contributed by atoms with Crippen LogP contribution in [0.15, 0.2) is 23.2 Å². The van der Waals surface area contributed by atoms with E-state index in [1.54, 1.807) is 7.05 Å². The number of nitrogens with one attached hydrogen (secondary N) is 1. The van der Waals surface area contributed by atoms with Crippen LogP contribution in [-0.2, 0) is 17.5 Å². The summed E-state index contributed by atoms with van der Waals surface area (Å²) in [6, 6.07) is 2.48. The lowest BCUT2D eigenvalue weighted by Crippen LogP contribution is -2.57. The van der Waals surface area contributed by atoms with Gasteiger partial charge in [-0.05, 0) is 37.5 Å². The van der Waals surface area contributed by atoms with E-state index in [0.717, 1.165) is 38.1 Å². The number of carbonyl (C=O) groups excluding carboxylic acids is 1. The normalized spacial score (nSPS) is 19.6. The van der Waals surface area contributed by atoms with Crippen LogP contribution in [0.25, 0.3) is 0 Å². The molecule has 1 N–H and O–H groups in total. The molecule has 1 amide bonds. The van der Waals surface area contributed by atoms with Gasteiger partial charge in [0.25, 0.3) is 0 Å². The molecule has 1 aromatic rings. The lowest BCUT2D eigenvalue weighted by atomic mass is 10.1. The number of alkyl halides is 3. The van der Waals surface area contributed by atoms with E-state index >= 15 is 0 Å². The molecule has 1 atom stereocenters. The van der Waals surface area contributed by atoms with Crippen molar-refractivity contribution in [1.82, 2.24) is 20.0 Å². The van der Waals surface area contributed by atoms with Gasteiger partial charge in [-0.3, -0.25) is 14.7 Å². The van der Waals surface area contributed by atoms with E-state index in [1.807, 2.05) is 16.7 Å². The molecule has 2 heterocycles. The molecular weight excluding hydrogens is 414 g/mol. The smallest absolute Gasteiger partial charge is 0.352 e. The number of likely N-dealkylation sites (tertiary alicyclic amines) is 1. The Balaban J connectivity index is 1.56. The van der Waals surface area contributed by atoms with Crippen molar-refractivity contribution in [3.05, 3.63) is 35.1 Å². The van der Waals surface area contributed by atoms with Gasteiger partial charge in [0.1, 0.15) is 5.82 Å². The van der Waals surface area contributed by atoms with E-state index in [9.17, 15) is 22.4 Å². The monoisotopic (exact) mass is 443 g/mol. The van der Waals surface area contributed by atoms with Crippen LogP contribution in [0, 0.1) is 5.82 Å². The minimum Gasteiger partial charge on any atom is -0.352 e. The van der Waals surface area contributed by atoms with Gasteiger partial charge in [-0.2, -0.15) is 13.2 Å². The topological polar surface area (TPSA) is 51.2 Å². The molecule has 31 heavy (non-hydrogen) atoms. The van der Waals surface area contributed by atoms with Crippen molar-refractivity contribution in [2.45, 2.75) is 38.5 Å². The second kappa shape index (κ2) is 9.84. The van der Waals surface area contributed by atoms with Crippen molar-refractivity contribution in [2.75, 3.05) is 46.3 Å². The maximum absolute atomic E-state index is 13.3. The third-order valence-electron chi connectivity index (χ3n) is 5.96. The molecule has 0 bridgehead atoms. The fourth-order valence-electron chi connectivity index (χ4n) is 4.15. The van der Waals surface area contributed by atoms with E-state index in [4.69, 9.17) is 0 Å². The molecule has 1 unspecified atom stereocenters. The Labute approximate surface area is 179 Å². The molecule has 172 valence electrons. The minimum atomic E-state index is -4.63. The number of rotatable bonds is 4. The van der Waals surface area contributed by atoms with Crippen molar-refractivity contribution in [3.8, 4) is 0 Å². The van der Waals surface area contributed by atoms with Gasteiger partial charge in [0.2, 0.25) is 5.91 Å². The summed E-state index contributed by atoms with van der Waals surface area (Å²) in [4.78, 5) is 22.8. The van der Waals surface area contributed by atoms with Crippen LogP contribution >= 0.6 is 0 Å². The first-order valence-electron chi connectivity index (χ1n) is 10.5. The highest BCUT2D eigenvalue weighted by atomic mass is 19.4. The molecule has 3 rings (SSSR count). The van der Waals surface area contributed by atoms with E-state index in [1.165, 1.54) is 0 Å². The van der Waals surface area contributed by atoms with Gasteiger partial charge in [0.05, 0.1) is 11.6 Å². The maximum Gasteiger partial charge on any atom is 0.416 e. The predicted molar refractivity (Wildman–Crippen MR) is 110 cm³/mol. The zero-order valence-electron chi connectivity index (χ0n) is 17.9. The van der Waals surface area contributed by atoms with E-state index in [-0.39, 0.29) is 24.1 Å². The predicted octanol–water partition coefficient (Wildman–Crippen LogP) is 2.55. The molecule has 0 aromatic heterocycles. The Bertz CT molecular complexity index is 799. The van der Waals surface area contributed by atoms with Gasteiger partial charge < -0.3 is 15.1 Å². The fraction of sp³-hybridized carbons (Fsp3) is 0.619. The highest BCUT2D eigenvalue weighted by molar-refractivity contribution is 5.82. The Morgan fingerprint density at radius 2 is 1.74 bits per heavy atom. The maximum atomic E-state index is 13.3. The molecule has 10 heteroatoms. The average molecular weight is 443 g/mol. The second-order valence-corrected chi connectivity index (χ2v) is 7.93. The Hall–Kier alpha value is -2.36. The Morgan fingerprint density at radius 3 is 2.32 bits per heavy atom. The van der Waals surface area contributed by atoms with Gasteiger partial charge in [0, 0.05) is 52.9 Å². The van der Waals surface area contributed by atoms with Crippen LogP contribution in [0.3, 0.4) is 0 Å². The zero-order valence-corrected chi connectivity index (χ0v) is 17.9. The molecule has 2 saturated heterocycles. The summed E-state index contributed by atoms with van der Waals surface area (Å²) in [6.45, 7) is 5.98. The molecule has 6 nitrogen and oxygen atoms in total. The summed E-state index contributed by atoms with van der Waals surface area (Å²) in [7, 11) is 1.57. The Kier molecular flexibility index (Phi) is 7.40. The van der Waals surface area contributed by atoms with Crippen molar-refractivity contribution >= 4 is 11.9 Å². The third kappa shape index (κ3) is 5.66. The number of amides is 1. The van der Waals surface area contributed by atoms with Gasteiger partial charge in [-0.15, -0.1) is 0 Å². The van der Waals surface area contributed by atoms with Crippen LogP contribution in [0.4, 0.5) is 17.6 Å². The first-order chi connectivity index (χ1) is 14.7. The van der Waals surface area contributed by atoms with E-state index < -0.39 is 17.6 Å². The number of carbonyl (C=O) groups is 1. The molecule has 0 spiro atoms. The molecule has 0 radical (unpaired) electrons. The molecule has 1 aromatic carbocycles. The summed E-state index contributed by atoms with van der Waals surface area (Å²) < 4.78 is 52.9. The van der Waals surface area contributed by atoms with Crippen LogP contribution in [0.1, 0.15) is 30.9 Å². The lowest BCUT2D eigenvalue weighted by molar-refractivity contribution is -0.138.